The van der Waals surface area contributed by atoms with E-state index < -0.39 is 0 Å². The summed E-state index contributed by atoms with van der Waals surface area (Å²) in [5.74, 6) is -0.313. The van der Waals surface area contributed by atoms with Gasteiger partial charge in [-0.25, -0.2) is 10.1 Å². The molecule has 7 heteroatoms. The van der Waals surface area contributed by atoms with Crippen molar-refractivity contribution in [2.24, 2.45) is 5.10 Å². The van der Waals surface area contributed by atoms with Crippen LogP contribution in [-0.2, 0) is 0 Å². The molecule has 0 unspecified atom stereocenters. The summed E-state index contributed by atoms with van der Waals surface area (Å²) >= 11 is 6.01. The zero-order chi connectivity index (χ0) is 20.1. The van der Waals surface area contributed by atoms with E-state index in [9.17, 15) is 4.79 Å². The summed E-state index contributed by atoms with van der Waals surface area (Å²) < 4.78 is 1.77. The number of hydrogen-bond donors (Lipinski definition) is 1. The van der Waals surface area contributed by atoms with Gasteiger partial charge in [0.1, 0.15) is 5.69 Å². The van der Waals surface area contributed by atoms with Crippen molar-refractivity contribution < 1.29 is 4.79 Å². The lowest BCUT2D eigenvalue weighted by Crippen LogP contribution is -2.17. The molecule has 0 spiro atoms. The van der Waals surface area contributed by atoms with Gasteiger partial charge in [0.25, 0.3) is 5.91 Å². The molecule has 4 aromatic rings. The molecule has 4 rings (SSSR count). The molecule has 1 amide bonds. The average molecular weight is 402 g/mol. The number of para-hydroxylation sites is 1. The van der Waals surface area contributed by atoms with Crippen LogP contribution in [0, 0.1) is 0 Å². The van der Waals surface area contributed by atoms with Gasteiger partial charge < -0.3 is 0 Å². The lowest BCUT2D eigenvalue weighted by molar-refractivity contribution is 0.0955. The molecule has 29 heavy (non-hydrogen) atoms. The highest BCUT2D eigenvalue weighted by molar-refractivity contribution is 6.30. The largest absolute Gasteiger partial charge is 0.271 e. The summed E-state index contributed by atoms with van der Waals surface area (Å²) in [7, 11) is 0. The van der Waals surface area contributed by atoms with Gasteiger partial charge in [-0.1, -0.05) is 41.9 Å². The SMILES string of the molecule is O=C(NN=Cc1cn(-c2ccccc2)nc1-c1ccc(Cl)cc1)c1ccncc1. The molecule has 2 aromatic carbocycles. The van der Waals surface area contributed by atoms with Crippen LogP contribution in [0.1, 0.15) is 15.9 Å². The van der Waals surface area contributed by atoms with Crippen LogP contribution in [0.4, 0.5) is 0 Å². The van der Waals surface area contributed by atoms with Crippen LogP contribution in [0.3, 0.4) is 0 Å². The Kier molecular flexibility index (Phi) is 5.45. The Balaban J connectivity index is 1.64. The van der Waals surface area contributed by atoms with Gasteiger partial charge in [-0.2, -0.15) is 10.2 Å². The number of nitrogens with one attached hydrogen (secondary N) is 1. The number of benzene rings is 2. The fraction of sp³-hybridized carbons (Fsp3) is 0. The maximum Gasteiger partial charge on any atom is 0.271 e. The second-order valence-electron chi connectivity index (χ2n) is 6.16. The van der Waals surface area contributed by atoms with Crippen molar-refractivity contribution in [2.45, 2.75) is 0 Å². The van der Waals surface area contributed by atoms with E-state index in [0.717, 1.165) is 22.5 Å². The van der Waals surface area contributed by atoms with Gasteiger partial charge in [0.05, 0.1) is 11.9 Å². The quantitative estimate of drug-likeness (QED) is 0.399. The highest BCUT2D eigenvalue weighted by Gasteiger charge is 2.11. The average Bonchev–Trinajstić information content (AvgIpc) is 3.19. The monoisotopic (exact) mass is 401 g/mol. The van der Waals surface area contributed by atoms with Gasteiger partial charge in [0.15, 0.2) is 0 Å². The molecular formula is C22H16ClN5O. The third-order valence-electron chi connectivity index (χ3n) is 4.19. The smallest absolute Gasteiger partial charge is 0.267 e. The second-order valence-corrected chi connectivity index (χ2v) is 6.59. The van der Waals surface area contributed by atoms with Crippen molar-refractivity contribution in [1.82, 2.24) is 20.2 Å². The molecule has 6 nitrogen and oxygen atoms in total. The second kappa shape index (κ2) is 8.50. The Morgan fingerprint density at radius 1 is 1.00 bits per heavy atom. The third kappa shape index (κ3) is 4.39. The van der Waals surface area contributed by atoms with E-state index in [-0.39, 0.29) is 5.91 Å². The normalized spacial score (nSPS) is 10.9. The van der Waals surface area contributed by atoms with Gasteiger partial charge in [0, 0.05) is 40.3 Å². The highest BCUT2D eigenvalue weighted by Crippen LogP contribution is 2.24. The molecule has 2 heterocycles. The number of hydrogen-bond acceptors (Lipinski definition) is 4. The van der Waals surface area contributed by atoms with E-state index >= 15 is 0 Å². The number of nitrogens with zero attached hydrogens (tertiary/aromatic N) is 4. The molecule has 2 aromatic heterocycles. The van der Waals surface area contributed by atoms with Crippen molar-refractivity contribution in [3.8, 4) is 16.9 Å². The van der Waals surface area contributed by atoms with Crippen LogP contribution in [0.2, 0.25) is 5.02 Å². The van der Waals surface area contributed by atoms with Crippen molar-refractivity contribution in [2.75, 3.05) is 0 Å². The number of pyridine rings is 1. The first kappa shape index (κ1) is 18.6. The Hall–Kier alpha value is -3.77. The Bertz CT molecular complexity index is 1140. The fourth-order valence-corrected chi connectivity index (χ4v) is 2.88. The Morgan fingerprint density at radius 3 is 2.45 bits per heavy atom. The maximum atomic E-state index is 12.2. The minimum Gasteiger partial charge on any atom is -0.267 e. The molecule has 0 aliphatic carbocycles. The summed E-state index contributed by atoms with van der Waals surface area (Å²) in [5.41, 5.74) is 6.31. The predicted octanol–water partition coefficient (Wildman–Crippen LogP) is 4.35. The van der Waals surface area contributed by atoms with Gasteiger partial charge in [-0.3, -0.25) is 9.78 Å². The zero-order valence-corrected chi connectivity index (χ0v) is 16.0. The molecule has 0 fully saturated rings. The Labute approximate surface area is 172 Å². The molecule has 0 radical (unpaired) electrons. The zero-order valence-electron chi connectivity index (χ0n) is 15.2. The molecule has 0 aliphatic heterocycles. The number of hydrazone groups is 1. The molecule has 142 valence electrons. The lowest BCUT2D eigenvalue weighted by Gasteiger charge is -2.01. The first-order valence-corrected chi connectivity index (χ1v) is 9.23. The number of aromatic nitrogens is 3. The van der Waals surface area contributed by atoms with Crippen molar-refractivity contribution in [1.29, 1.82) is 0 Å². The van der Waals surface area contributed by atoms with E-state index in [1.165, 1.54) is 0 Å². The van der Waals surface area contributed by atoms with Gasteiger partial charge in [0.2, 0.25) is 0 Å². The number of carbonyl (C=O) groups is 1. The van der Waals surface area contributed by atoms with Crippen LogP contribution >= 0.6 is 11.6 Å². The van der Waals surface area contributed by atoms with Gasteiger partial charge >= 0.3 is 0 Å². The summed E-state index contributed by atoms with van der Waals surface area (Å²) in [5, 5.41) is 9.45. The summed E-state index contributed by atoms with van der Waals surface area (Å²) in [6.45, 7) is 0. The molecule has 0 aliphatic rings. The first-order valence-electron chi connectivity index (χ1n) is 8.85. The standard InChI is InChI=1S/C22H16ClN5O/c23-19-8-6-16(7-9-19)21-18(15-28(27-21)20-4-2-1-3-5-20)14-25-26-22(29)17-10-12-24-13-11-17/h1-15H,(H,26,29). The summed E-state index contributed by atoms with van der Waals surface area (Å²) in [4.78, 5) is 16.1. The lowest BCUT2D eigenvalue weighted by atomic mass is 10.1. The Morgan fingerprint density at radius 2 is 1.72 bits per heavy atom. The fourth-order valence-electron chi connectivity index (χ4n) is 2.76. The van der Waals surface area contributed by atoms with Crippen molar-refractivity contribution >= 4 is 23.7 Å². The molecule has 1 N–H and O–H groups in total. The highest BCUT2D eigenvalue weighted by atomic mass is 35.5. The minimum absolute atomic E-state index is 0.313. The van der Waals surface area contributed by atoms with Crippen LogP contribution in [0.5, 0.6) is 0 Å². The van der Waals surface area contributed by atoms with E-state index in [1.54, 1.807) is 35.4 Å². The van der Waals surface area contributed by atoms with Crippen LogP contribution in [0.25, 0.3) is 16.9 Å². The number of halogens is 1. The number of amides is 1. The summed E-state index contributed by atoms with van der Waals surface area (Å²) in [6.07, 6.45) is 6.55. The molecule has 0 bridgehead atoms. The molecular weight excluding hydrogens is 386 g/mol. The number of rotatable bonds is 5. The van der Waals surface area contributed by atoms with Crippen molar-refractivity contribution in [3.63, 3.8) is 0 Å². The minimum atomic E-state index is -0.313. The van der Waals surface area contributed by atoms with Crippen LogP contribution < -0.4 is 5.43 Å². The van der Waals surface area contributed by atoms with E-state index in [4.69, 9.17) is 16.7 Å². The molecule has 0 saturated heterocycles. The predicted molar refractivity (Wildman–Crippen MR) is 113 cm³/mol. The van der Waals surface area contributed by atoms with Crippen LogP contribution in [-0.4, -0.2) is 26.9 Å². The third-order valence-corrected chi connectivity index (χ3v) is 4.45. The van der Waals surface area contributed by atoms with E-state index in [1.807, 2.05) is 60.8 Å². The van der Waals surface area contributed by atoms with Crippen LogP contribution in [0.15, 0.2) is 90.4 Å². The topological polar surface area (TPSA) is 72.2 Å². The van der Waals surface area contributed by atoms with Gasteiger partial charge in [-0.05, 0) is 36.4 Å². The molecule has 0 saturated carbocycles. The first-order chi connectivity index (χ1) is 14.2. The van der Waals surface area contributed by atoms with Gasteiger partial charge in [-0.15, -0.1) is 0 Å². The van der Waals surface area contributed by atoms with Crippen molar-refractivity contribution in [3.05, 3.63) is 101 Å². The van der Waals surface area contributed by atoms with E-state index in [2.05, 4.69) is 15.5 Å². The van der Waals surface area contributed by atoms with E-state index in [0.29, 0.717) is 10.6 Å². The summed E-state index contributed by atoms with van der Waals surface area (Å²) in [6, 6.07) is 20.4. The molecule has 0 atom stereocenters. The maximum absolute atomic E-state index is 12.2. The number of carbonyl (C=O) groups excluding carboxylic acids is 1.